The fraction of sp³-hybridized carbons (Fsp3) is 0.625. The highest BCUT2D eigenvalue weighted by molar-refractivity contribution is 7.07. The molecule has 0 radical (unpaired) electrons. The van der Waals surface area contributed by atoms with Crippen LogP contribution in [0.25, 0.3) is 0 Å². The van der Waals surface area contributed by atoms with Gasteiger partial charge in [0.2, 0.25) is 11.8 Å². The fourth-order valence-corrected chi connectivity index (χ4v) is 4.09. The monoisotopic (exact) mass is 321 g/mol. The SMILES string of the molecule is CN(C)C(=O)CN1CC[C@@H]2CN(Cc3ccsc3)C[C@H]2C1=O. The number of thiophene rings is 1. The Morgan fingerprint density at radius 1 is 1.41 bits per heavy atom. The summed E-state index contributed by atoms with van der Waals surface area (Å²) in [4.78, 5) is 30.2. The maximum atomic E-state index is 12.6. The topological polar surface area (TPSA) is 43.9 Å². The normalized spacial score (nSPS) is 25.4. The molecule has 0 unspecified atom stereocenters. The van der Waals surface area contributed by atoms with Crippen molar-refractivity contribution in [2.45, 2.75) is 13.0 Å². The van der Waals surface area contributed by atoms with Gasteiger partial charge in [0.15, 0.2) is 0 Å². The van der Waals surface area contributed by atoms with Gasteiger partial charge in [0.25, 0.3) is 0 Å². The van der Waals surface area contributed by atoms with E-state index in [9.17, 15) is 9.59 Å². The Balaban J connectivity index is 1.60. The van der Waals surface area contributed by atoms with Crippen molar-refractivity contribution < 1.29 is 9.59 Å². The molecule has 0 aromatic carbocycles. The molecule has 3 rings (SSSR count). The molecule has 1 aromatic heterocycles. The Kier molecular flexibility index (Phi) is 4.49. The molecule has 0 saturated carbocycles. The Hall–Kier alpha value is -1.40. The predicted octanol–water partition coefficient (Wildman–Crippen LogP) is 1.12. The van der Waals surface area contributed by atoms with Crippen LogP contribution in [0.5, 0.6) is 0 Å². The van der Waals surface area contributed by atoms with E-state index >= 15 is 0 Å². The van der Waals surface area contributed by atoms with Crippen LogP contribution in [0, 0.1) is 11.8 Å². The first-order chi connectivity index (χ1) is 10.5. The maximum absolute atomic E-state index is 12.6. The molecule has 2 aliphatic rings. The number of fused-ring (bicyclic) bond motifs is 1. The zero-order valence-corrected chi connectivity index (χ0v) is 14.0. The number of carbonyl (C=O) groups excluding carboxylic acids is 2. The Bertz CT molecular complexity index is 544. The number of likely N-dealkylation sites (tertiary alicyclic amines) is 2. The third kappa shape index (κ3) is 3.17. The van der Waals surface area contributed by atoms with Crippen LogP contribution in [0.2, 0.25) is 0 Å². The van der Waals surface area contributed by atoms with Crippen molar-refractivity contribution in [3.63, 3.8) is 0 Å². The molecule has 0 aliphatic carbocycles. The van der Waals surface area contributed by atoms with Crippen molar-refractivity contribution in [3.8, 4) is 0 Å². The van der Waals surface area contributed by atoms with E-state index in [4.69, 9.17) is 0 Å². The second-order valence-electron chi connectivity index (χ2n) is 6.53. The van der Waals surface area contributed by atoms with Gasteiger partial charge in [0.1, 0.15) is 0 Å². The van der Waals surface area contributed by atoms with Crippen LogP contribution in [-0.4, -0.2) is 66.8 Å². The van der Waals surface area contributed by atoms with Crippen molar-refractivity contribution in [2.24, 2.45) is 11.8 Å². The lowest BCUT2D eigenvalue weighted by Gasteiger charge is -2.34. The molecule has 2 saturated heterocycles. The van der Waals surface area contributed by atoms with Crippen molar-refractivity contribution in [1.29, 1.82) is 0 Å². The van der Waals surface area contributed by atoms with Crippen LogP contribution in [-0.2, 0) is 16.1 Å². The minimum absolute atomic E-state index is 0.0000683. The third-order valence-corrected chi connectivity index (χ3v) is 5.46. The van der Waals surface area contributed by atoms with E-state index in [1.807, 2.05) is 0 Å². The summed E-state index contributed by atoms with van der Waals surface area (Å²) >= 11 is 1.71. The van der Waals surface area contributed by atoms with E-state index in [1.54, 1.807) is 35.2 Å². The lowest BCUT2D eigenvalue weighted by molar-refractivity contribution is -0.145. The number of nitrogens with zero attached hydrogens (tertiary/aromatic N) is 3. The minimum atomic E-state index is -0.0000683. The van der Waals surface area contributed by atoms with Gasteiger partial charge in [-0.25, -0.2) is 0 Å². The van der Waals surface area contributed by atoms with Gasteiger partial charge in [0, 0.05) is 40.3 Å². The smallest absolute Gasteiger partial charge is 0.241 e. The standard InChI is InChI=1S/C16H23N3O2S/c1-17(2)15(20)10-19-5-3-13-8-18(9-14(13)16(19)21)7-12-4-6-22-11-12/h4,6,11,13-14H,3,5,7-10H2,1-2H3/t13-,14-/m1/s1. The largest absolute Gasteiger partial charge is 0.347 e. The number of hydrogen-bond donors (Lipinski definition) is 0. The molecule has 2 aliphatic heterocycles. The molecule has 1 aromatic rings. The molecule has 3 heterocycles. The first-order valence-corrected chi connectivity index (χ1v) is 8.71. The highest BCUT2D eigenvalue weighted by Gasteiger charge is 2.43. The second kappa shape index (κ2) is 6.38. The summed E-state index contributed by atoms with van der Waals surface area (Å²) in [5, 5.41) is 4.27. The molecule has 120 valence electrons. The van der Waals surface area contributed by atoms with Crippen molar-refractivity contribution >= 4 is 23.2 Å². The number of hydrogen-bond acceptors (Lipinski definition) is 4. The van der Waals surface area contributed by atoms with Gasteiger partial charge in [-0.05, 0) is 34.7 Å². The highest BCUT2D eigenvalue weighted by atomic mass is 32.1. The summed E-state index contributed by atoms with van der Waals surface area (Å²) in [5.74, 6) is 0.693. The van der Waals surface area contributed by atoms with Crippen LogP contribution in [0.1, 0.15) is 12.0 Å². The third-order valence-electron chi connectivity index (χ3n) is 4.73. The molecule has 0 spiro atoms. The van der Waals surface area contributed by atoms with E-state index in [0.717, 1.165) is 26.1 Å². The summed E-state index contributed by atoms with van der Waals surface area (Å²) in [7, 11) is 3.47. The molecular weight excluding hydrogens is 298 g/mol. The Labute approximate surface area is 135 Å². The lowest BCUT2D eigenvalue weighted by Crippen LogP contribution is -2.49. The molecule has 2 amide bonds. The number of rotatable bonds is 4. The van der Waals surface area contributed by atoms with Crippen LogP contribution >= 0.6 is 11.3 Å². The van der Waals surface area contributed by atoms with Gasteiger partial charge in [-0.2, -0.15) is 11.3 Å². The second-order valence-corrected chi connectivity index (χ2v) is 7.31. The molecular formula is C16H23N3O2S. The fourth-order valence-electron chi connectivity index (χ4n) is 3.43. The summed E-state index contributed by atoms with van der Waals surface area (Å²) < 4.78 is 0. The van der Waals surface area contributed by atoms with Crippen LogP contribution in [0.4, 0.5) is 0 Å². The zero-order valence-electron chi connectivity index (χ0n) is 13.2. The maximum Gasteiger partial charge on any atom is 0.241 e. The average Bonchev–Trinajstić information content (AvgIpc) is 3.11. The molecule has 0 bridgehead atoms. The van der Waals surface area contributed by atoms with E-state index < -0.39 is 0 Å². The van der Waals surface area contributed by atoms with Crippen LogP contribution in [0.3, 0.4) is 0 Å². The van der Waals surface area contributed by atoms with Crippen molar-refractivity contribution in [1.82, 2.24) is 14.7 Å². The van der Waals surface area contributed by atoms with Crippen molar-refractivity contribution in [3.05, 3.63) is 22.4 Å². The summed E-state index contributed by atoms with van der Waals surface area (Å²) in [6, 6.07) is 2.15. The molecule has 6 heteroatoms. The Morgan fingerprint density at radius 3 is 2.91 bits per heavy atom. The summed E-state index contributed by atoms with van der Waals surface area (Å²) in [5.41, 5.74) is 1.33. The van der Waals surface area contributed by atoms with E-state index in [-0.39, 0.29) is 24.3 Å². The average molecular weight is 321 g/mol. The van der Waals surface area contributed by atoms with Gasteiger partial charge >= 0.3 is 0 Å². The van der Waals surface area contributed by atoms with Crippen molar-refractivity contribution in [2.75, 3.05) is 40.3 Å². The number of likely N-dealkylation sites (N-methyl/N-ethyl adjacent to an activating group) is 1. The summed E-state index contributed by atoms with van der Waals surface area (Å²) in [6.07, 6.45) is 1.01. The molecule has 0 N–H and O–H groups in total. The molecule has 5 nitrogen and oxygen atoms in total. The van der Waals surface area contributed by atoms with Gasteiger partial charge in [-0.15, -0.1) is 0 Å². The van der Waals surface area contributed by atoms with Gasteiger partial charge < -0.3 is 9.80 Å². The van der Waals surface area contributed by atoms with E-state index in [1.165, 1.54) is 5.56 Å². The van der Waals surface area contributed by atoms with Gasteiger partial charge in [-0.1, -0.05) is 0 Å². The Morgan fingerprint density at radius 2 is 2.23 bits per heavy atom. The van der Waals surface area contributed by atoms with Gasteiger partial charge in [0.05, 0.1) is 12.5 Å². The summed E-state index contributed by atoms with van der Waals surface area (Å²) in [6.45, 7) is 3.69. The first-order valence-electron chi connectivity index (χ1n) is 7.77. The zero-order chi connectivity index (χ0) is 15.7. The van der Waals surface area contributed by atoms with Gasteiger partial charge in [-0.3, -0.25) is 14.5 Å². The number of amides is 2. The number of piperidine rings is 1. The quantitative estimate of drug-likeness (QED) is 0.835. The molecule has 2 fully saturated rings. The minimum Gasteiger partial charge on any atom is -0.347 e. The van der Waals surface area contributed by atoms with Crippen LogP contribution in [0.15, 0.2) is 16.8 Å². The van der Waals surface area contributed by atoms with E-state index in [0.29, 0.717) is 12.5 Å². The van der Waals surface area contributed by atoms with E-state index in [2.05, 4.69) is 21.7 Å². The molecule has 22 heavy (non-hydrogen) atoms. The lowest BCUT2D eigenvalue weighted by atomic mass is 9.88. The molecule has 2 atom stereocenters. The number of carbonyl (C=O) groups is 2. The first kappa shape index (κ1) is 15.5. The predicted molar refractivity (Wildman–Crippen MR) is 86.5 cm³/mol. The van der Waals surface area contributed by atoms with Crippen LogP contribution < -0.4 is 0 Å². The highest BCUT2D eigenvalue weighted by Crippen LogP contribution is 2.33.